The van der Waals surface area contributed by atoms with Gasteiger partial charge in [-0.25, -0.2) is 0 Å². The van der Waals surface area contributed by atoms with Crippen LogP contribution in [-0.4, -0.2) is 11.6 Å². The third-order valence-corrected chi connectivity index (χ3v) is 2.72. The Morgan fingerprint density at radius 2 is 1.31 bits per heavy atom. The van der Waals surface area contributed by atoms with Crippen LogP contribution in [0.2, 0.25) is 0 Å². The van der Waals surface area contributed by atoms with E-state index in [0.717, 1.165) is 51.4 Å². The predicted molar refractivity (Wildman–Crippen MR) is 67.2 cm³/mol. The molecule has 0 spiro atoms. The summed E-state index contributed by atoms with van der Waals surface area (Å²) >= 11 is 0. The fraction of sp³-hybridized carbons (Fsp3) is 0.786. The molecule has 0 bridgehead atoms. The molecule has 0 heterocycles. The lowest BCUT2D eigenvalue weighted by Crippen LogP contribution is -2.13. The van der Waals surface area contributed by atoms with Crippen LogP contribution >= 0.6 is 0 Å². The smallest absolute Gasteiger partial charge is 0.198 e. The van der Waals surface area contributed by atoms with E-state index >= 15 is 0 Å². The van der Waals surface area contributed by atoms with E-state index in [1.165, 1.54) is 0 Å². The fourth-order valence-electron chi connectivity index (χ4n) is 1.63. The van der Waals surface area contributed by atoms with Crippen molar-refractivity contribution in [2.24, 2.45) is 0 Å². The van der Waals surface area contributed by atoms with Crippen molar-refractivity contribution < 1.29 is 9.59 Å². The number of hydrogen-bond acceptors (Lipinski definition) is 2. The first kappa shape index (κ1) is 15.3. The van der Waals surface area contributed by atoms with Crippen LogP contribution in [0.4, 0.5) is 0 Å². The molecule has 0 unspecified atom stereocenters. The highest BCUT2D eigenvalue weighted by Crippen LogP contribution is 2.07. The van der Waals surface area contributed by atoms with Gasteiger partial charge in [-0.15, -0.1) is 0 Å². The Hall–Kier alpha value is -0.660. The quantitative estimate of drug-likeness (QED) is 0.395. The number of ketones is 2. The highest BCUT2D eigenvalue weighted by Gasteiger charge is 2.11. The molecule has 0 aromatic carbocycles. The zero-order chi connectivity index (χ0) is 12.2. The predicted octanol–water partition coefficient (Wildman–Crippen LogP) is 3.88. The lowest BCUT2D eigenvalue weighted by Gasteiger charge is -2.00. The Morgan fingerprint density at radius 3 is 1.75 bits per heavy atom. The molecular weight excluding hydrogens is 200 g/mol. The van der Waals surface area contributed by atoms with Crippen molar-refractivity contribution >= 4 is 11.6 Å². The maximum absolute atomic E-state index is 11.4. The zero-order valence-electron chi connectivity index (χ0n) is 10.6. The summed E-state index contributed by atoms with van der Waals surface area (Å²) in [6.45, 7) is 5.88. The van der Waals surface area contributed by atoms with Crippen LogP contribution in [0.1, 0.15) is 71.1 Å². The van der Waals surface area contributed by atoms with Crippen LogP contribution in [0, 0.1) is 6.92 Å². The van der Waals surface area contributed by atoms with E-state index in [9.17, 15) is 9.59 Å². The van der Waals surface area contributed by atoms with Crippen LogP contribution in [0.5, 0.6) is 0 Å². The number of rotatable bonds is 11. The minimum atomic E-state index is -0.166. The highest BCUT2D eigenvalue weighted by molar-refractivity contribution is 6.37. The van der Waals surface area contributed by atoms with Crippen molar-refractivity contribution in [3.63, 3.8) is 0 Å². The van der Waals surface area contributed by atoms with Gasteiger partial charge in [0.15, 0.2) is 11.6 Å². The van der Waals surface area contributed by atoms with Gasteiger partial charge in [-0.05, 0) is 12.8 Å². The lowest BCUT2D eigenvalue weighted by molar-refractivity contribution is -0.136. The summed E-state index contributed by atoms with van der Waals surface area (Å²) in [7, 11) is 0. The topological polar surface area (TPSA) is 34.1 Å². The maximum atomic E-state index is 11.4. The van der Waals surface area contributed by atoms with Crippen LogP contribution in [0.25, 0.3) is 0 Å². The standard InChI is InChI=1S/C14H25O2/c1-3-5-7-9-11-13(15)14(16)12-10-8-6-4-2/h1,3-12H2,2H3. The van der Waals surface area contributed by atoms with Crippen molar-refractivity contribution in [1.82, 2.24) is 0 Å². The molecule has 2 heteroatoms. The molecular formula is C14H25O2. The minimum absolute atomic E-state index is 0.161. The van der Waals surface area contributed by atoms with Crippen molar-refractivity contribution in [1.29, 1.82) is 0 Å². The summed E-state index contributed by atoms with van der Waals surface area (Å²) in [4.78, 5) is 22.8. The summed E-state index contributed by atoms with van der Waals surface area (Å²) in [6, 6.07) is 0. The van der Waals surface area contributed by atoms with Gasteiger partial charge in [-0.1, -0.05) is 52.4 Å². The fourth-order valence-corrected chi connectivity index (χ4v) is 1.63. The summed E-state index contributed by atoms with van der Waals surface area (Å²) in [5.74, 6) is -0.328. The molecule has 1 radical (unpaired) electrons. The SMILES string of the molecule is [CH2]CCCCCC(=O)C(=O)CCCCCC. The summed E-state index contributed by atoms with van der Waals surface area (Å²) < 4.78 is 0. The monoisotopic (exact) mass is 225 g/mol. The van der Waals surface area contributed by atoms with E-state index in [1.54, 1.807) is 0 Å². The Labute approximate surface area is 99.8 Å². The summed E-state index contributed by atoms with van der Waals surface area (Å²) in [6.07, 6.45) is 8.97. The van der Waals surface area contributed by atoms with E-state index < -0.39 is 0 Å². The third kappa shape index (κ3) is 8.63. The number of carbonyl (C=O) groups excluding carboxylic acids is 2. The Morgan fingerprint density at radius 1 is 0.812 bits per heavy atom. The Bertz CT molecular complexity index is 175. The molecule has 2 nitrogen and oxygen atoms in total. The van der Waals surface area contributed by atoms with Crippen molar-refractivity contribution in [2.45, 2.75) is 71.1 Å². The molecule has 0 aliphatic rings. The number of Topliss-reactive ketones (excluding diaryl/α,β-unsaturated/α-hetero) is 2. The molecule has 0 aliphatic carbocycles. The lowest BCUT2D eigenvalue weighted by atomic mass is 10.0. The molecule has 0 rings (SSSR count). The zero-order valence-corrected chi connectivity index (χ0v) is 10.6. The second-order valence-corrected chi connectivity index (χ2v) is 4.32. The first-order valence-corrected chi connectivity index (χ1v) is 6.57. The molecule has 16 heavy (non-hydrogen) atoms. The van der Waals surface area contributed by atoms with E-state index in [2.05, 4.69) is 13.8 Å². The molecule has 0 amide bonds. The molecule has 0 aromatic rings. The van der Waals surface area contributed by atoms with E-state index in [1.807, 2.05) is 0 Å². The van der Waals surface area contributed by atoms with Gasteiger partial charge in [0.25, 0.3) is 0 Å². The highest BCUT2D eigenvalue weighted by atomic mass is 16.2. The van der Waals surface area contributed by atoms with E-state index in [0.29, 0.717) is 12.8 Å². The second-order valence-electron chi connectivity index (χ2n) is 4.32. The van der Waals surface area contributed by atoms with Gasteiger partial charge in [0, 0.05) is 12.8 Å². The van der Waals surface area contributed by atoms with Gasteiger partial charge in [-0.3, -0.25) is 9.59 Å². The van der Waals surface area contributed by atoms with Gasteiger partial charge >= 0.3 is 0 Å². The van der Waals surface area contributed by atoms with Gasteiger partial charge in [0.05, 0.1) is 0 Å². The Balaban J connectivity index is 3.46. The molecule has 93 valence electrons. The molecule has 0 atom stereocenters. The van der Waals surface area contributed by atoms with Gasteiger partial charge in [-0.2, -0.15) is 0 Å². The number of carbonyl (C=O) groups is 2. The van der Waals surface area contributed by atoms with Crippen LogP contribution in [0.3, 0.4) is 0 Å². The third-order valence-electron chi connectivity index (χ3n) is 2.72. The maximum Gasteiger partial charge on any atom is 0.198 e. The molecule has 0 saturated carbocycles. The average Bonchev–Trinajstić information content (AvgIpc) is 2.29. The molecule has 0 aromatic heterocycles. The molecule has 0 aliphatic heterocycles. The summed E-state index contributed by atoms with van der Waals surface area (Å²) in [5, 5.41) is 0. The first-order valence-electron chi connectivity index (χ1n) is 6.57. The normalized spacial score (nSPS) is 10.4. The van der Waals surface area contributed by atoms with Gasteiger partial charge in [0.1, 0.15) is 0 Å². The largest absolute Gasteiger partial charge is 0.291 e. The Kier molecular flexibility index (Phi) is 10.4. The van der Waals surface area contributed by atoms with E-state index in [4.69, 9.17) is 0 Å². The molecule has 0 N–H and O–H groups in total. The van der Waals surface area contributed by atoms with Crippen LogP contribution in [0.15, 0.2) is 0 Å². The van der Waals surface area contributed by atoms with Crippen molar-refractivity contribution in [3.8, 4) is 0 Å². The second kappa shape index (κ2) is 10.8. The van der Waals surface area contributed by atoms with Gasteiger partial charge < -0.3 is 0 Å². The average molecular weight is 225 g/mol. The number of hydrogen-bond donors (Lipinski definition) is 0. The molecule has 0 fully saturated rings. The van der Waals surface area contributed by atoms with Crippen LogP contribution < -0.4 is 0 Å². The van der Waals surface area contributed by atoms with E-state index in [-0.39, 0.29) is 11.6 Å². The summed E-state index contributed by atoms with van der Waals surface area (Å²) in [5.41, 5.74) is 0. The minimum Gasteiger partial charge on any atom is -0.291 e. The first-order chi connectivity index (χ1) is 7.72. The van der Waals surface area contributed by atoms with Crippen LogP contribution in [-0.2, 0) is 9.59 Å². The van der Waals surface area contributed by atoms with Gasteiger partial charge in [0.2, 0.25) is 0 Å². The number of unbranched alkanes of at least 4 members (excludes halogenated alkanes) is 6. The van der Waals surface area contributed by atoms with Crippen molar-refractivity contribution in [2.75, 3.05) is 0 Å². The molecule has 0 saturated heterocycles. The van der Waals surface area contributed by atoms with Crippen molar-refractivity contribution in [3.05, 3.63) is 6.92 Å².